The fourth-order valence-electron chi connectivity index (χ4n) is 3.50. The molecule has 0 radical (unpaired) electrons. The van der Waals surface area contributed by atoms with E-state index >= 15 is 0 Å². The molecule has 23 heavy (non-hydrogen) atoms. The predicted octanol–water partition coefficient (Wildman–Crippen LogP) is 1.70. The summed E-state index contributed by atoms with van der Waals surface area (Å²) in [5.74, 6) is -2.18. The standard InChI is InChI=1S/C15H21F2N5O/c1-20(2)13(23)22-8-4-15(16,17)14(11-22)3-7-21(10-14)12-9-18-5-6-19-12/h5-6,9H,3-4,7-8,10-11H2,1-2H3/t14-/m0/s1. The number of nitrogens with zero attached hydrogens (tertiary/aromatic N) is 5. The van der Waals surface area contributed by atoms with Crippen LogP contribution in [0.5, 0.6) is 0 Å². The number of carbonyl (C=O) groups excluding carboxylic acids is 1. The lowest BCUT2D eigenvalue weighted by atomic mass is 9.75. The molecule has 2 saturated heterocycles. The molecule has 3 rings (SSSR count). The molecule has 2 aliphatic rings. The highest BCUT2D eigenvalue weighted by atomic mass is 19.3. The number of piperidine rings is 1. The Kier molecular flexibility index (Phi) is 3.85. The van der Waals surface area contributed by atoms with Gasteiger partial charge in [0.15, 0.2) is 0 Å². The molecule has 0 saturated carbocycles. The van der Waals surface area contributed by atoms with Crippen LogP contribution in [0.15, 0.2) is 18.6 Å². The number of anilines is 1. The molecule has 2 fully saturated rings. The molecule has 1 atom stereocenters. The van der Waals surface area contributed by atoms with Gasteiger partial charge in [-0.3, -0.25) is 4.98 Å². The van der Waals surface area contributed by atoms with Crippen LogP contribution in [-0.2, 0) is 0 Å². The van der Waals surface area contributed by atoms with Crippen LogP contribution in [0.3, 0.4) is 0 Å². The number of rotatable bonds is 1. The molecule has 6 nitrogen and oxygen atoms in total. The Labute approximate surface area is 134 Å². The molecule has 1 aromatic heterocycles. The minimum atomic E-state index is -2.78. The molecule has 8 heteroatoms. The number of amides is 2. The minimum Gasteiger partial charge on any atom is -0.354 e. The molecule has 0 aromatic carbocycles. The van der Waals surface area contributed by atoms with E-state index in [-0.39, 0.29) is 32.1 Å². The van der Waals surface area contributed by atoms with E-state index in [1.54, 1.807) is 32.7 Å². The van der Waals surface area contributed by atoms with Crippen LogP contribution in [0.1, 0.15) is 12.8 Å². The monoisotopic (exact) mass is 325 g/mol. The van der Waals surface area contributed by atoms with Crippen molar-refractivity contribution < 1.29 is 13.6 Å². The average molecular weight is 325 g/mol. The van der Waals surface area contributed by atoms with Gasteiger partial charge in [0.1, 0.15) is 5.82 Å². The summed E-state index contributed by atoms with van der Waals surface area (Å²) in [6.45, 7) is 0.860. The van der Waals surface area contributed by atoms with Crippen molar-refractivity contribution in [3.05, 3.63) is 18.6 Å². The van der Waals surface area contributed by atoms with Crippen LogP contribution in [0, 0.1) is 5.41 Å². The summed E-state index contributed by atoms with van der Waals surface area (Å²) in [7, 11) is 3.28. The first-order valence-electron chi connectivity index (χ1n) is 7.70. The number of halogens is 2. The molecule has 0 aliphatic carbocycles. The third-order valence-electron chi connectivity index (χ3n) is 4.85. The summed E-state index contributed by atoms with van der Waals surface area (Å²) in [5.41, 5.74) is -1.21. The van der Waals surface area contributed by atoms with Gasteiger partial charge < -0.3 is 14.7 Å². The van der Waals surface area contributed by atoms with E-state index in [9.17, 15) is 13.6 Å². The second-order valence-corrected chi connectivity index (χ2v) is 6.57. The van der Waals surface area contributed by atoms with Gasteiger partial charge in [0.2, 0.25) is 0 Å². The van der Waals surface area contributed by atoms with Gasteiger partial charge in [-0.25, -0.2) is 18.6 Å². The topological polar surface area (TPSA) is 52.6 Å². The molecule has 2 aliphatic heterocycles. The van der Waals surface area contributed by atoms with Gasteiger partial charge in [-0.15, -0.1) is 0 Å². The van der Waals surface area contributed by atoms with Crippen molar-refractivity contribution in [2.24, 2.45) is 5.41 Å². The minimum absolute atomic E-state index is 0.0772. The van der Waals surface area contributed by atoms with Gasteiger partial charge in [0.05, 0.1) is 11.6 Å². The van der Waals surface area contributed by atoms with E-state index in [4.69, 9.17) is 0 Å². The molecule has 0 unspecified atom stereocenters. The van der Waals surface area contributed by atoms with Crippen molar-refractivity contribution in [3.8, 4) is 0 Å². The van der Waals surface area contributed by atoms with E-state index < -0.39 is 11.3 Å². The van der Waals surface area contributed by atoms with Crippen molar-refractivity contribution in [2.45, 2.75) is 18.8 Å². The third kappa shape index (κ3) is 2.70. The Hall–Kier alpha value is -1.99. The van der Waals surface area contributed by atoms with Gasteiger partial charge >= 0.3 is 6.03 Å². The summed E-state index contributed by atoms with van der Waals surface area (Å²) < 4.78 is 29.4. The van der Waals surface area contributed by atoms with E-state index in [0.717, 1.165) is 0 Å². The predicted molar refractivity (Wildman–Crippen MR) is 81.5 cm³/mol. The SMILES string of the molecule is CN(C)C(=O)N1CCC(F)(F)[C@]2(CCN(c3cnccn3)C2)C1. The van der Waals surface area contributed by atoms with Gasteiger partial charge in [0, 0.05) is 59.1 Å². The number of carbonyl (C=O) groups is 1. The molecular formula is C15H21F2N5O. The Morgan fingerprint density at radius 3 is 2.65 bits per heavy atom. The van der Waals surface area contributed by atoms with Crippen LogP contribution < -0.4 is 4.90 Å². The Morgan fingerprint density at radius 1 is 1.22 bits per heavy atom. The average Bonchev–Trinajstić information content (AvgIpc) is 2.96. The highest BCUT2D eigenvalue weighted by Crippen LogP contribution is 2.50. The number of hydrogen-bond donors (Lipinski definition) is 0. The van der Waals surface area contributed by atoms with Crippen molar-refractivity contribution in [3.63, 3.8) is 0 Å². The molecular weight excluding hydrogens is 304 g/mol. The highest BCUT2D eigenvalue weighted by Gasteiger charge is 2.60. The maximum absolute atomic E-state index is 14.7. The molecule has 0 N–H and O–H groups in total. The first-order valence-corrected chi connectivity index (χ1v) is 7.70. The van der Waals surface area contributed by atoms with E-state index in [2.05, 4.69) is 9.97 Å². The summed E-state index contributed by atoms with van der Waals surface area (Å²) in [6.07, 6.45) is 4.75. The number of urea groups is 1. The van der Waals surface area contributed by atoms with E-state index in [1.165, 1.54) is 9.80 Å². The van der Waals surface area contributed by atoms with Crippen LogP contribution in [0.25, 0.3) is 0 Å². The first-order chi connectivity index (χ1) is 10.8. The molecule has 2 amide bonds. The third-order valence-corrected chi connectivity index (χ3v) is 4.85. The maximum atomic E-state index is 14.7. The largest absolute Gasteiger partial charge is 0.354 e. The lowest BCUT2D eigenvalue weighted by Crippen LogP contribution is -2.59. The Morgan fingerprint density at radius 2 is 2.00 bits per heavy atom. The highest BCUT2D eigenvalue weighted by molar-refractivity contribution is 5.74. The molecule has 1 spiro atoms. The normalized spacial score (nSPS) is 26.6. The Bertz CT molecular complexity index is 582. The zero-order chi connectivity index (χ0) is 16.7. The summed E-state index contributed by atoms with van der Waals surface area (Å²) in [6, 6.07) is -0.210. The van der Waals surface area contributed by atoms with Crippen molar-refractivity contribution in [1.29, 1.82) is 0 Å². The lowest BCUT2D eigenvalue weighted by molar-refractivity contribution is -0.150. The zero-order valence-corrected chi connectivity index (χ0v) is 13.4. The molecule has 3 heterocycles. The van der Waals surface area contributed by atoms with Crippen molar-refractivity contribution >= 4 is 11.8 Å². The van der Waals surface area contributed by atoms with Gasteiger partial charge in [-0.2, -0.15) is 0 Å². The summed E-state index contributed by atoms with van der Waals surface area (Å²) >= 11 is 0. The second-order valence-electron chi connectivity index (χ2n) is 6.57. The first kappa shape index (κ1) is 15.9. The summed E-state index contributed by atoms with van der Waals surface area (Å²) in [4.78, 5) is 25.2. The van der Waals surface area contributed by atoms with E-state index in [0.29, 0.717) is 18.8 Å². The number of hydrogen-bond acceptors (Lipinski definition) is 4. The fraction of sp³-hybridized carbons (Fsp3) is 0.667. The molecule has 1 aromatic rings. The molecule has 0 bridgehead atoms. The number of alkyl halides is 2. The fourth-order valence-corrected chi connectivity index (χ4v) is 3.50. The van der Waals surface area contributed by atoms with Crippen LogP contribution in [0.4, 0.5) is 19.4 Å². The maximum Gasteiger partial charge on any atom is 0.319 e. The van der Waals surface area contributed by atoms with Crippen molar-refractivity contribution in [2.75, 3.05) is 45.2 Å². The summed E-state index contributed by atoms with van der Waals surface area (Å²) in [5, 5.41) is 0. The van der Waals surface area contributed by atoms with Gasteiger partial charge in [-0.1, -0.05) is 0 Å². The Balaban J connectivity index is 1.82. The smallest absolute Gasteiger partial charge is 0.319 e. The number of likely N-dealkylation sites (tertiary alicyclic amines) is 1. The van der Waals surface area contributed by atoms with Crippen LogP contribution in [0.2, 0.25) is 0 Å². The van der Waals surface area contributed by atoms with Gasteiger partial charge in [-0.05, 0) is 6.42 Å². The van der Waals surface area contributed by atoms with Crippen LogP contribution in [-0.4, -0.2) is 72.0 Å². The van der Waals surface area contributed by atoms with Crippen molar-refractivity contribution in [1.82, 2.24) is 19.8 Å². The molecule has 126 valence electrons. The van der Waals surface area contributed by atoms with Gasteiger partial charge in [0.25, 0.3) is 5.92 Å². The number of aromatic nitrogens is 2. The second kappa shape index (κ2) is 5.58. The zero-order valence-electron chi connectivity index (χ0n) is 13.4. The van der Waals surface area contributed by atoms with E-state index in [1.807, 2.05) is 4.90 Å². The van der Waals surface area contributed by atoms with Crippen LogP contribution >= 0.6 is 0 Å². The quantitative estimate of drug-likeness (QED) is 0.788. The lowest BCUT2D eigenvalue weighted by Gasteiger charge is -2.46.